The summed E-state index contributed by atoms with van der Waals surface area (Å²) in [5.74, 6) is -0.431. The summed E-state index contributed by atoms with van der Waals surface area (Å²) in [7, 11) is -1.37. The molecule has 3 aromatic rings. The minimum absolute atomic E-state index is 0.0997. The minimum Gasteiger partial charge on any atom is -0.493 e. The smallest absolute Gasteiger partial charge is 0.264 e. The SMILES string of the molecule is CC[C@H](NC(=O)CN(c1ccc(F)cc1)S(=O)(=O)c1ccc(OC)c(OC)c1)c1ccccc1. The maximum absolute atomic E-state index is 13.6. The molecule has 0 aromatic heterocycles. The van der Waals surface area contributed by atoms with Gasteiger partial charge in [-0.3, -0.25) is 9.10 Å². The summed E-state index contributed by atoms with van der Waals surface area (Å²) in [4.78, 5) is 12.9. The molecule has 34 heavy (non-hydrogen) atoms. The molecule has 0 saturated carbocycles. The van der Waals surface area contributed by atoms with Crippen LogP contribution in [0.2, 0.25) is 0 Å². The molecule has 3 rings (SSSR count). The summed E-state index contributed by atoms with van der Waals surface area (Å²) >= 11 is 0. The van der Waals surface area contributed by atoms with Crippen molar-refractivity contribution in [1.82, 2.24) is 5.32 Å². The summed E-state index contributed by atoms with van der Waals surface area (Å²) in [5, 5.41) is 2.90. The third-order valence-corrected chi connectivity index (χ3v) is 7.06. The number of amides is 1. The van der Waals surface area contributed by atoms with E-state index >= 15 is 0 Å². The molecule has 0 heterocycles. The maximum atomic E-state index is 13.6. The number of sulfonamides is 1. The topological polar surface area (TPSA) is 84.9 Å². The van der Waals surface area contributed by atoms with Gasteiger partial charge in [0, 0.05) is 6.07 Å². The first-order valence-corrected chi connectivity index (χ1v) is 12.1. The molecule has 0 spiro atoms. The van der Waals surface area contributed by atoms with Gasteiger partial charge in [-0.1, -0.05) is 37.3 Å². The number of carbonyl (C=O) groups is 1. The number of anilines is 1. The second-order valence-corrected chi connectivity index (χ2v) is 9.31. The van der Waals surface area contributed by atoms with Crippen LogP contribution in [0.5, 0.6) is 11.5 Å². The lowest BCUT2D eigenvalue weighted by Crippen LogP contribution is -2.42. The van der Waals surface area contributed by atoms with Gasteiger partial charge in [-0.2, -0.15) is 0 Å². The van der Waals surface area contributed by atoms with Gasteiger partial charge in [0.2, 0.25) is 5.91 Å². The first-order valence-electron chi connectivity index (χ1n) is 10.6. The molecule has 1 amide bonds. The number of rotatable bonds is 10. The Hall–Kier alpha value is -3.59. The second-order valence-electron chi connectivity index (χ2n) is 7.44. The predicted octanol–water partition coefficient (Wildman–Crippen LogP) is 4.31. The highest BCUT2D eigenvalue weighted by atomic mass is 32.2. The summed E-state index contributed by atoms with van der Waals surface area (Å²) in [6, 6.07) is 18.2. The fraction of sp³-hybridized carbons (Fsp3) is 0.240. The monoisotopic (exact) mass is 486 g/mol. The molecular formula is C25H27FN2O5S. The first-order chi connectivity index (χ1) is 16.3. The molecule has 0 aliphatic carbocycles. The largest absolute Gasteiger partial charge is 0.493 e. The number of carbonyl (C=O) groups excluding carboxylic acids is 1. The van der Waals surface area contributed by atoms with Crippen LogP contribution in [-0.4, -0.2) is 35.1 Å². The van der Waals surface area contributed by atoms with Crippen molar-refractivity contribution in [3.63, 3.8) is 0 Å². The number of nitrogens with one attached hydrogen (secondary N) is 1. The van der Waals surface area contributed by atoms with Crippen LogP contribution >= 0.6 is 0 Å². The molecule has 0 aliphatic rings. The highest BCUT2D eigenvalue weighted by Crippen LogP contribution is 2.32. The Morgan fingerprint density at radius 2 is 1.62 bits per heavy atom. The lowest BCUT2D eigenvalue weighted by molar-refractivity contribution is -0.120. The number of nitrogens with zero attached hydrogens (tertiary/aromatic N) is 1. The number of benzene rings is 3. The summed E-state index contributed by atoms with van der Waals surface area (Å²) in [5.41, 5.74) is 1.06. The van der Waals surface area contributed by atoms with Gasteiger partial charge in [-0.05, 0) is 48.4 Å². The molecule has 0 radical (unpaired) electrons. The van der Waals surface area contributed by atoms with Crippen molar-refractivity contribution in [2.45, 2.75) is 24.3 Å². The molecule has 0 bridgehead atoms. The fourth-order valence-corrected chi connectivity index (χ4v) is 4.94. The van der Waals surface area contributed by atoms with Gasteiger partial charge in [0.25, 0.3) is 10.0 Å². The Labute approximate surface area is 199 Å². The number of halogens is 1. The van der Waals surface area contributed by atoms with Gasteiger partial charge in [-0.15, -0.1) is 0 Å². The zero-order valence-electron chi connectivity index (χ0n) is 19.2. The highest BCUT2D eigenvalue weighted by molar-refractivity contribution is 7.92. The van der Waals surface area contributed by atoms with Crippen LogP contribution in [0.4, 0.5) is 10.1 Å². The molecule has 0 aliphatic heterocycles. The molecule has 0 saturated heterocycles. The Morgan fingerprint density at radius 1 is 0.971 bits per heavy atom. The summed E-state index contributed by atoms with van der Waals surface area (Å²) < 4.78 is 52.1. The third-order valence-electron chi connectivity index (χ3n) is 5.29. The first kappa shape index (κ1) is 25.0. The summed E-state index contributed by atoms with van der Waals surface area (Å²) in [6.07, 6.45) is 0.620. The molecule has 180 valence electrons. The molecular weight excluding hydrogens is 459 g/mol. The van der Waals surface area contributed by atoms with Crippen molar-refractivity contribution in [2.24, 2.45) is 0 Å². The van der Waals surface area contributed by atoms with E-state index in [2.05, 4.69) is 5.32 Å². The number of hydrogen-bond donors (Lipinski definition) is 1. The Kier molecular flexibility index (Phi) is 8.12. The number of hydrogen-bond acceptors (Lipinski definition) is 5. The van der Waals surface area contributed by atoms with Crippen molar-refractivity contribution in [3.05, 3.63) is 84.2 Å². The van der Waals surface area contributed by atoms with E-state index in [9.17, 15) is 17.6 Å². The lowest BCUT2D eigenvalue weighted by atomic mass is 10.0. The summed E-state index contributed by atoms with van der Waals surface area (Å²) in [6.45, 7) is 1.43. The Bertz CT molecular complexity index is 1220. The van der Waals surface area contributed by atoms with Crippen LogP contribution in [0, 0.1) is 5.82 Å². The molecule has 1 atom stereocenters. The van der Waals surface area contributed by atoms with E-state index in [1.54, 1.807) is 0 Å². The van der Waals surface area contributed by atoms with Crippen LogP contribution in [0.1, 0.15) is 24.9 Å². The van der Waals surface area contributed by atoms with Gasteiger partial charge < -0.3 is 14.8 Å². The maximum Gasteiger partial charge on any atom is 0.264 e. The van der Waals surface area contributed by atoms with Crippen molar-refractivity contribution < 1.29 is 27.1 Å². The van der Waals surface area contributed by atoms with Gasteiger partial charge in [-0.25, -0.2) is 12.8 Å². The average Bonchev–Trinajstić information content (AvgIpc) is 2.86. The third kappa shape index (κ3) is 5.66. The average molecular weight is 487 g/mol. The predicted molar refractivity (Wildman–Crippen MR) is 128 cm³/mol. The molecule has 1 N–H and O–H groups in total. The molecule has 0 unspecified atom stereocenters. The van der Waals surface area contributed by atoms with E-state index in [1.165, 1.54) is 44.6 Å². The fourth-order valence-electron chi connectivity index (χ4n) is 3.50. The molecule has 7 nitrogen and oxygen atoms in total. The van der Waals surface area contributed by atoms with Gasteiger partial charge >= 0.3 is 0 Å². The van der Waals surface area contributed by atoms with E-state index < -0.39 is 28.3 Å². The Balaban J connectivity index is 1.95. The highest BCUT2D eigenvalue weighted by Gasteiger charge is 2.29. The van der Waals surface area contributed by atoms with E-state index in [1.807, 2.05) is 37.3 Å². The Morgan fingerprint density at radius 3 is 2.21 bits per heavy atom. The van der Waals surface area contributed by atoms with Crippen molar-refractivity contribution in [2.75, 3.05) is 25.1 Å². The zero-order chi connectivity index (χ0) is 24.7. The zero-order valence-corrected chi connectivity index (χ0v) is 20.0. The second kappa shape index (κ2) is 11.0. The standard InChI is InChI=1S/C25H27FN2O5S/c1-4-22(18-8-6-5-7-9-18)27-25(29)17-28(20-12-10-19(26)11-13-20)34(30,31)21-14-15-23(32-2)24(16-21)33-3/h5-16,22H,4,17H2,1-3H3,(H,27,29)/t22-/m0/s1. The van der Waals surface area contributed by atoms with Gasteiger partial charge in [0.05, 0.1) is 30.8 Å². The number of ether oxygens (including phenoxy) is 2. The van der Waals surface area contributed by atoms with E-state index in [0.717, 1.165) is 22.0 Å². The van der Waals surface area contributed by atoms with E-state index in [0.29, 0.717) is 12.2 Å². The quantitative estimate of drug-likeness (QED) is 0.462. The molecule has 9 heteroatoms. The van der Waals surface area contributed by atoms with Crippen LogP contribution in [-0.2, 0) is 14.8 Å². The van der Waals surface area contributed by atoms with Crippen molar-refractivity contribution >= 4 is 21.6 Å². The van der Waals surface area contributed by atoms with Crippen molar-refractivity contribution in [3.8, 4) is 11.5 Å². The van der Waals surface area contributed by atoms with Crippen LogP contribution < -0.4 is 19.1 Å². The number of methoxy groups -OCH3 is 2. The normalized spacial score (nSPS) is 12.0. The van der Waals surface area contributed by atoms with Gasteiger partial charge in [0.15, 0.2) is 11.5 Å². The minimum atomic E-state index is -4.21. The van der Waals surface area contributed by atoms with E-state index in [-0.39, 0.29) is 22.4 Å². The van der Waals surface area contributed by atoms with Crippen LogP contribution in [0.3, 0.4) is 0 Å². The van der Waals surface area contributed by atoms with Crippen molar-refractivity contribution in [1.29, 1.82) is 0 Å². The molecule has 0 fully saturated rings. The van der Waals surface area contributed by atoms with Crippen LogP contribution in [0.15, 0.2) is 77.7 Å². The van der Waals surface area contributed by atoms with Crippen LogP contribution in [0.25, 0.3) is 0 Å². The lowest BCUT2D eigenvalue weighted by Gasteiger charge is -2.26. The van der Waals surface area contributed by atoms with Gasteiger partial charge in [0.1, 0.15) is 12.4 Å². The molecule has 3 aromatic carbocycles. The van der Waals surface area contributed by atoms with E-state index in [4.69, 9.17) is 9.47 Å².